The molecule has 0 atom stereocenters. The van der Waals surface area contributed by atoms with E-state index < -0.39 is 0 Å². The van der Waals surface area contributed by atoms with Crippen molar-refractivity contribution in [3.05, 3.63) is 63.8 Å². The summed E-state index contributed by atoms with van der Waals surface area (Å²) in [6.07, 6.45) is 5.62. The van der Waals surface area contributed by atoms with Gasteiger partial charge >= 0.3 is 0 Å². The third kappa shape index (κ3) is 7.19. The Morgan fingerprint density at radius 3 is 2.74 bits per heavy atom. The van der Waals surface area contributed by atoms with Crippen LogP contribution in [-0.2, 0) is 40.4 Å². The highest BCUT2D eigenvalue weighted by atomic mass is 32.1. The number of rotatable bonds is 12. The number of thiophene rings is 1. The molecule has 2 amide bonds. The summed E-state index contributed by atoms with van der Waals surface area (Å²) in [6, 6.07) is 9.70. The number of benzene rings is 1. The van der Waals surface area contributed by atoms with Gasteiger partial charge in [-0.25, -0.2) is 0 Å². The van der Waals surface area contributed by atoms with E-state index in [-0.39, 0.29) is 18.2 Å². The van der Waals surface area contributed by atoms with Crippen LogP contribution in [0.4, 0.5) is 5.00 Å². The fourth-order valence-corrected chi connectivity index (χ4v) is 5.78. The van der Waals surface area contributed by atoms with Gasteiger partial charge in [-0.3, -0.25) is 9.59 Å². The molecule has 0 spiro atoms. The molecule has 1 aromatic carbocycles. The van der Waals surface area contributed by atoms with Gasteiger partial charge in [0, 0.05) is 48.8 Å². The second kappa shape index (κ2) is 13.3. The van der Waals surface area contributed by atoms with Crippen molar-refractivity contribution in [2.45, 2.75) is 59.5 Å². The molecule has 0 saturated heterocycles. The zero-order valence-electron chi connectivity index (χ0n) is 22.6. The van der Waals surface area contributed by atoms with Crippen LogP contribution in [0.3, 0.4) is 0 Å². The molecular formula is C29H34N4O5S. The van der Waals surface area contributed by atoms with Crippen molar-refractivity contribution in [2.24, 2.45) is 0 Å². The van der Waals surface area contributed by atoms with Crippen molar-refractivity contribution < 1.29 is 24.1 Å². The van der Waals surface area contributed by atoms with E-state index >= 15 is 0 Å². The molecule has 3 aromatic rings. The molecule has 4 rings (SSSR count). The number of anilines is 1. The van der Waals surface area contributed by atoms with E-state index in [1.807, 2.05) is 54.8 Å². The van der Waals surface area contributed by atoms with E-state index in [0.29, 0.717) is 74.2 Å². The first-order chi connectivity index (χ1) is 18.9. The van der Waals surface area contributed by atoms with Crippen LogP contribution in [0.25, 0.3) is 0 Å². The molecule has 1 aliphatic rings. The molecule has 0 radical (unpaired) electrons. The average Bonchev–Trinajstić information content (AvgIpc) is 3.51. The molecule has 9 nitrogen and oxygen atoms in total. The van der Waals surface area contributed by atoms with Gasteiger partial charge in [0.2, 0.25) is 11.8 Å². The van der Waals surface area contributed by atoms with Crippen molar-refractivity contribution in [1.29, 1.82) is 5.26 Å². The highest BCUT2D eigenvalue weighted by Crippen LogP contribution is 2.37. The number of hydrogen-bond donors (Lipinski definition) is 1. The number of carbonyl (C=O) groups is 2. The summed E-state index contributed by atoms with van der Waals surface area (Å²) in [7, 11) is 0. The largest absolute Gasteiger partial charge is 0.494 e. The second-order valence-corrected chi connectivity index (χ2v) is 10.4. The number of carbonyl (C=O) groups excluding carboxylic acids is 2. The first kappa shape index (κ1) is 28.2. The van der Waals surface area contributed by atoms with Crippen molar-refractivity contribution >= 4 is 28.2 Å². The van der Waals surface area contributed by atoms with Gasteiger partial charge in [-0.05, 0) is 69.0 Å². The van der Waals surface area contributed by atoms with Crippen LogP contribution in [0.2, 0.25) is 0 Å². The molecule has 0 unspecified atom stereocenters. The van der Waals surface area contributed by atoms with Crippen molar-refractivity contribution in [1.82, 2.24) is 9.47 Å². The number of hydrogen-bond acceptors (Lipinski definition) is 7. The van der Waals surface area contributed by atoms with Gasteiger partial charge in [0.15, 0.2) is 5.75 Å². The fourth-order valence-electron chi connectivity index (χ4n) is 4.55. The lowest BCUT2D eigenvalue weighted by Crippen LogP contribution is -2.35. The van der Waals surface area contributed by atoms with Crippen LogP contribution >= 0.6 is 11.3 Å². The SMILES string of the molecule is CCOOc1ccc(OCC)cc1CCC(=O)Nc1sc2c(c1C#N)CCN(C(=O)CCn1ccc(C)c1)C2. The number of fused-ring (bicyclic) bond motifs is 1. The number of nitrogens with zero attached hydrogens (tertiary/aromatic N) is 3. The van der Waals surface area contributed by atoms with E-state index in [0.717, 1.165) is 16.0 Å². The molecule has 3 heterocycles. The van der Waals surface area contributed by atoms with Crippen LogP contribution < -0.4 is 14.9 Å². The van der Waals surface area contributed by atoms with Crippen LogP contribution in [0.1, 0.15) is 53.8 Å². The minimum absolute atomic E-state index is 0.0869. The van der Waals surface area contributed by atoms with Gasteiger partial charge in [0.1, 0.15) is 16.8 Å². The van der Waals surface area contributed by atoms with Gasteiger partial charge in [0.25, 0.3) is 0 Å². The Morgan fingerprint density at radius 2 is 2.03 bits per heavy atom. The highest BCUT2D eigenvalue weighted by Gasteiger charge is 2.27. The summed E-state index contributed by atoms with van der Waals surface area (Å²) in [5, 5.41) is 13.3. The Bertz CT molecular complexity index is 1360. The normalized spacial score (nSPS) is 12.5. The Labute approximate surface area is 232 Å². The molecule has 10 heteroatoms. The van der Waals surface area contributed by atoms with Crippen LogP contribution in [0.15, 0.2) is 36.7 Å². The maximum absolute atomic E-state index is 12.9. The molecule has 0 aliphatic carbocycles. The first-order valence-corrected chi connectivity index (χ1v) is 14.0. The van der Waals surface area contributed by atoms with Gasteiger partial charge in [-0.1, -0.05) is 0 Å². The van der Waals surface area contributed by atoms with Crippen molar-refractivity contribution in [2.75, 3.05) is 25.1 Å². The quantitative estimate of drug-likeness (QED) is 0.251. The van der Waals surface area contributed by atoms with Gasteiger partial charge in [-0.15, -0.1) is 11.3 Å². The fraction of sp³-hybridized carbons (Fsp3) is 0.414. The number of nitrogens with one attached hydrogen (secondary N) is 1. The van der Waals surface area contributed by atoms with Crippen LogP contribution in [0, 0.1) is 18.3 Å². The number of aromatic nitrogens is 1. The predicted octanol–water partition coefficient (Wildman–Crippen LogP) is 5.01. The summed E-state index contributed by atoms with van der Waals surface area (Å²) in [4.78, 5) is 39.0. The van der Waals surface area contributed by atoms with Crippen molar-refractivity contribution in [3.63, 3.8) is 0 Å². The molecular weight excluding hydrogens is 516 g/mol. The molecule has 2 aromatic heterocycles. The molecule has 1 N–H and O–H groups in total. The van der Waals surface area contributed by atoms with Crippen LogP contribution in [0.5, 0.6) is 11.5 Å². The molecule has 0 saturated carbocycles. The summed E-state index contributed by atoms with van der Waals surface area (Å²) >= 11 is 1.38. The zero-order valence-corrected chi connectivity index (χ0v) is 23.4. The number of nitriles is 1. The topological polar surface area (TPSA) is 106 Å². The van der Waals surface area contributed by atoms with Gasteiger partial charge in [-0.2, -0.15) is 10.1 Å². The predicted molar refractivity (Wildman–Crippen MR) is 149 cm³/mol. The lowest BCUT2D eigenvalue weighted by atomic mass is 10.0. The Hall–Kier alpha value is -3.81. The molecule has 0 fully saturated rings. The average molecular weight is 551 g/mol. The number of aryl methyl sites for hydroxylation is 3. The summed E-state index contributed by atoms with van der Waals surface area (Å²) in [6.45, 7) is 8.34. The lowest BCUT2D eigenvalue weighted by Gasteiger charge is -2.27. The smallest absolute Gasteiger partial charge is 0.225 e. The second-order valence-electron chi connectivity index (χ2n) is 9.30. The maximum atomic E-state index is 12.9. The Balaban J connectivity index is 1.38. The Kier molecular flexibility index (Phi) is 9.63. The van der Waals surface area contributed by atoms with Crippen molar-refractivity contribution in [3.8, 4) is 17.6 Å². The molecule has 0 bridgehead atoms. The molecule has 39 heavy (non-hydrogen) atoms. The first-order valence-electron chi connectivity index (χ1n) is 13.2. The standard InChI is InChI=1S/C29H34N4O5S/c1-4-36-22-7-8-25(38-37-5-2)21(16-22)6-9-27(34)31-29-24(17-30)23-11-15-33(19-26(23)39-29)28(35)12-14-32-13-10-20(3)18-32/h7-8,10,13,16,18H,4-6,9,11-12,14-15,19H2,1-3H3,(H,31,34). The molecule has 206 valence electrons. The van der Waals surface area contributed by atoms with Gasteiger partial charge in [0.05, 0.1) is 25.3 Å². The monoisotopic (exact) mass is 550 g/mol. The lowest BCUT2D eigenvalue weighted by molar-refractivity contribution is -0.202. The molecule has 1 aliphatic heterocycles. The minimum Gasteiger partial charge on any atom is -0.494 e. The maximum Gasteiger partial charge on any atom is 0.225 e. The number of ether oxygens (including phenoxy) is 1. The van der Waals surface area contributed by atoms with E-state index in [4.69, 9.17) is 14.5 Å². The van der Waals surface area contributed by atoms with E-state index in [2.05, 4.69) is 11.4 Å². The summed E-state index contributed by atoms with van der Waals surface area (Å²) < 4.78 is 7.61. The van der Waals surface area contributed by atoms with Gasteiger partial charge < -0.3 is 24.4 Å². The van der Waals surface area contributed by atoms with E-state index in [9.17, 15) is 14.9 Å². The third-order valence-corrected chi connectivity index (χ3v) is 7.62. The zero-order chi connectivity index (χ0) is 27.8. The Morgan fingerprint density at radius 1 is 1.18 bits per heavy atom. The van der Waals surface area contributed by atoms with E-state index in [1.54, 1.807) is 12.1 Å². The highest BCUT2D eigenvalue weighted by molar-refractivity contribution is 7.16. The minimum atomic E-state index is -0.204. The number of amides is 2. The van der Waals surface area contributed by atoms with E-state index in [1.165, 1.54) is 16.9 Å². The summed E-state index contributed by atoms with van der Waals surface area (Å²) in [5.74, 6) is 1.11. The third-order valence-electron chi connectivity index (χ3n) is 6.49. The van der Waals surface area contributed by atoms with Crippen LogP contribution in [-0.4, -0.2) is 41.0 Å². The summed E-state index contributed by atoms with van der Waals surface area (Å²) in [5.41, 5.74) is 3.39.